The summed E-state index contributed by atoms with van der Waals surface area (Å²) >= 11 is 0. The van der Waals surface area contributed by atoms with Crippen molar-refractivity contribution in [1.29, 1.82) is 0 Å². The van der Waals surface area contributed by atoms with Crippen molar-refractivity contribution in [1.82, 2.24) is 20.2 Å². The van der Waals surface area contributed by atoms with Crippen LogP contribution in [0, 0.1) is 11.8 Å². The van der Waals surface area contributed by atoms with E-state index in [9.17, 15) is 0 Å². The average Bonchev–Trinajstić information content (AvgIpc) is 2.76. The highest BCUT2D eigenvalue weighted by atomic mass is 15.6. The van der Waals surface area contributed by atoms with Gasteiger partial charge in [-0.1, -0.05) is 32.6 Å². The zero-order chi connectivity index (χ0) is 13.0. The minimum Gasteiger partial charge on any atom is -0.327 e. The van der Waals surface area contributed by atoms with Crippen molar-refractivity contribution in [3.05, 3.63) is 5.82 Å². The van der Waals surface area contributed by atoms with Gasteiger partial charge >= 0.3 is 0 Å². The summed E-state index contributed by atoms with van der Waals surface area (Å²) in [6.45, 7) is 2.28. The van der Waals surface area contributed by atoms with Crippen LogP contribution in [0.25, 0.3) is 0 Å². The summed E-state index contributed by atoms with van der Waals surface area (Å²) in [6, 6.07) is 0.191. The van der Waals surface area contributed by atoms with Gasteiger partial charge in [0, 0.05) is 12.5 Å². The molecular formula is C13H25N5. The summed E-state index contributed by atoms with van der Waals surface area (Å²) in [5, 5.41) is 12.1. The lowest BCUT2D eigenvalue weighted by Crippen LogP contribution is -2.35. The second-order valence-corrected chi connectivity index (χ2v) is 5.63. The van der Waals surface area contributed by atoms with Crippen LogP contribution in [0.15, 0.2) is 0 Å². The Bertz CT molecular complexity index is 354. The first-order valence-corrected chi connectivity index (χ1v) is 7.17. The number of tetrazole rings is 1. The Morgan fingerprint density at radius 2 is 2.06 bits per heavy atom. The molecule has 0 bridgehead atoms. The summed E-state index contributed by atoms with van der Waals surface area (Å²) in [5.41, 5.74) is 6.29. The molecule has 1 aromatic rings. The SMILES string of the molecule is CCCC1CCC(C(N)Cc2nnn(C)n2)CC1. The number of hydrogen-bond acceptors (Lipinski definition) is 4. The van der Waals surface area contributed by atoms with Crippen molar-refractivity contribution in [2.45, 2.75) is 57.9 Å². The molecule has 1 aliphatic carbocycles. The Morgan fingerprint density at radius 3 is 2.61 bits per heavy atom. The predicted octanol–water partition coefficient (Wildman–Crippen LogP) is 1.69. The molecule has 1 fully saturated rings. The highest BCUT2D eigenvalue weighted by Gasteiger charge is 2.26. The molecule has 1 atom stereocenters. The Kier molecular flexibility index (Phi) is 4.69. The number of nitrogens with two attached hydrogens (primary N) is 1. The molecule has 0 amide bonds. The average molecular weight is 251 g/mol. The van der Waals surface area contributed by atoms with E-state index in [1.54, 1.807) is 7.05 Å². The molecule has 1 heterocycles. The van der Waals surface area contributed by atoms with Gasteiger partial charge in [-0.2, -0.15) is 4.80 Å². The Balaban J connectivity index is 1.78. The Hall–Kier alpha value is -0.970. The summed E-state index contributed by atoms with van der Waals surface area (Å²) in [6.07, 6.45) is 8.69. The minimum absolute atomic E-state index is 0.191. The first-order valence-electron chi connectivity index (χ1n) is 7.17. The zero-order valence-corrected chi connectivity index (χ0v) is 11.5. The van der Waals surface area contributed by atoms with E-state index in [-0.39, 0.29) is 6.04 Å². The van der Waals surface area contributed by atoms with E-state index < -0.39 is 0 Å². The molecule has 1 saturated carbocycles. The molecule has 0 spiro atoms. The maximum atomic E-state index is 6.29. The largest absolute Gasteiger partial charge is 0.327 e. The van der Waals surface area contributed by atoms with Crippen molar-refractivity contribution >= 4 is 0 Å². The zero-order valence-electron chi connectivity index (χ0n) is 11.5. The van der Waals surface area contributed by atoms with Gasteiger partial charge in [0.1, 0.15) is 0 Å². The van der Waals surface area contributed by atoms with Crippen LogP contribution in [0.1, 0.15) is 51.3 Å². The molecule has 102 valence electrons. The molecule has 0 aromatic carbocycles. The van der Waals surface area contributed by atoms with Crippen LogP contribution in [-0.2, 0) is 13.5 Å². The van der Waals surface area contributed by atoms with E-state index in [2.05, 4.69) is 22.3 Å². The third-order valence-electron chi connectivity index (χ3n) is 4.16. The molecule has 1 aliphatic rings. The van der Waals surface area contributed by atoms with Gasteiger partial charge in [0.15, 0.2) is 5.82 Å². The maximum absolute atomic E-state index is 6.29. The molecule has 2 rings (SSSR count). The molecule has 0 aliphatic heterocycles. The van der Waals surface area contributed by atoms with Gasteiger partial charge in [-0.15, -0.1) is 10.2 Å². The molecular weight excluding hydrogens is 226 g/mol. The highest BCUT2D eigenvalue weighted by molar-refractivity contribution is 4.88. The van der Waals surface area contributed by atoms with E-state index in [0.29, 0.717) is 5.92 Å². The first-order chi connectivity index (χ1) is 8.69. The van der Waals surface area contributed by atoms with Crippen LogP contribution in [0.3, 0.4) is 0 Å². The fraction of sp³-hybridized carbons (Fsp3) is 0.923. The van der Waals surface area contributed by atoms with Crippen LogP contribution >= 0.6 is 0 Å². The summed E-state index contributed by atoms with van der Waals surface area (Å²) < 4.78 is 0. The lowest BCUT2D eigenvalue weighted by atomic mass is 9.76. The molecule has 1 aromatic heterocycles. The van der Waals surface area contributed by atoms with E-state index in [1.165, 1.54) is 43.3 Å². The quantitative estimate of drug-likeness (QED) is 0.864. The van der Waals surface area contributed by atoms with Crippen molar-refractivity contribution in [3.8, 4) is 0 Å². The van der Waals surface area contributed by atoms with Crippen LogP contribution in [0.5, 0.6) is 0 Å². The minimum atomic E-state index is 0.191. The molecule has 0 radical (unpaired) electrons. The monoisotopic (exact) mass is 251 g/mol. The van der Waals surface area contributed by atoms with Gasteiger partial charge in [-0.05, 0) is 29.9 Å². The summed E-state index contributed by atoms with van der Waals surface area (Å²) in [4.78, 5) is 1.50. The third kappa shape index (κ3) is 3.51. The second kappa shape index (κ2) is 6.27. The number of rotatable bonds is 5. The van der Waals surface area contributed by atoms with Crippen LogP contribution in [0.2, 0.25) is 0 Å². The first kappa shape index (κ1) is 13.5. The van der Waals surface area contributed by atoms with Crippen molar-refractivity contribution < 1.29 is 0 Å². The number of aryl methyl sites for hydroxylation is 1. The molecule has 2 N–H and O–H groups in total. The lowest BCUT2D eigenvalue weighted by molar-refractivity contribution is 0.231. The van der Waals surface area contributed by atoms with Crippen LogP contribution in [-0.4, -0.2) is 26.2 Å². The third-order valence-corrected chi connectivity index (χ3v) is 4.16. The van der Waals surface area contributed by atoms with E-state index >= 15 is 0 Å². The Labute approximate surface area is 109 Å². The van der Waals surface area contributed by atoms with Crippen molar-refractivity contribution in [2.24, 2.45) is 24.6 Å². The molecule has 18 heavy (non-hydrogen) atoms. The number of hydrogen-bond donors (Lipinski definition) is 1. The number of nitrogens with zero attached hydrogens (tertiary/aromatic N) is 4. The Morgan fingerprint density at radius 1 is 1.33 bits per heavy atom. The van der Waals surface area contributed by atoms with Crippen LogP contribution < -0.4 is 5.73 Å². The molecule has 5 nitrogen and oxygen atoms in total. The second-order valence-electron chi connectivity index (χ2n) is 5.63. The topological polar surface area (TPSA) is 69.6 Å². The lowest BCUT2D eigenvalue weighted by Gasteiger charge is -2.31. The number of aromatic nitrogens is 4. The van der Waals surface area contributed by atoms with Crippen LogP contribution in [0.4, 0.5) is 0 Å². The van der Waals surface area contributed by atoms with E-state index in [0.717, 1.165) is 18.2 Å². The predicted molar refractivity (Wildman–Crippen MR) is 70.8 cm³/mol. The van der Waals surface area contributed by atoms with Gasteiger partial charge in [-0.25, -0.2) is 0 Å². The van der Waals surface area contributed by atoms with Gasteiger partial charge in [0.2, 0.25) is 0 Å². The molecule has 1 unspecified atom stereocenters. The van der Waals surface area contributed by atoms with Gasteiger partial charge in [-0.3, -0.25) is 0 Å². The van der Waals surface area contributed by atoms with Gasteiger partial charge < -0.3 is 5.73 Å². The molecule has 5 heteroatoms. The fourth-order valence-electron chi connectivity index (χ4n) is 3.10. The van der Waals surface area contributed by atoms with Gasteiger partial charge in [0.25, 0.3) is 0 Å². The summed E-state index contributed by atoms with van der Waals surface area (Å²) in [7, 11) is 1.79. The normalized spacial score (nSPS) is 26.2. The van der Waals surface area contributed by atoms with Crippen molar-refractivity contribution in [3.63, 3.8) is 0 Å². The smallest absolute Gasteiger partial charge is 0.176 e. The van der Waals surface area contributed by atoms with Gasteiger partial charge in [0.05, 0.1) is 7.05 Å². The highest BCUT2D eigenvalue weighted by Crippen LogP contribution is 2.33. The molecule has 0 saturated heterocycles. The maximum Gasteiger partial charge on any atom is 0.176 e. The van der Waals surface area contributed by atoms with E-state index in [4.69, 9.17) is 5.73 Å². The van der Waals surface area contributed by atoms with Crippen molar-refractivity contribution in [2.75, 3.05) is 0 Å². The summed E-state index contributed by atoms with van der Waals surface area (Å²) in [5.74, 6) is 2.36. The van der Waals surface area contributed by atoms with E-state index in [1.807, 2.05) is 0 Å². The fourth-order valence-corrected chi connectivity index (χ4v) is 3.10. The standard InChI is InChI=1S/C13H25N5/c1-3-4-10-5-7-11(8-6-10)12(14)9-13-15-17-18(2)16-13/h10-12H,3-9,14H2,1-2H3.